The van der Waals surface area contributed by atoms with Crippen LogP contribution in [0.3, 0.4) is 0 Å². The molecule has 132 valence electrons. The van der Waals surface area contributed by atoms with Crippen molar-refractivity contribution in [3.8, 4) is 0 Å². The number of esters is 1. The Morgan fingerprint density at radius 2 is 2.00 bits per heavy atom. The molecule has 2 heterocycles. The summed E-state index contributed by atoms with van der Waals surface area (Å²) in [5, 5.41) is 9.67. The number of likely N-dealkylation sites (tertiary alicyclic amines) is 1. The highest BCUT2D eigenvalue weighted by Crippen LogP contribution is 2.31. The van der Waals surface area contributed by atoms with Crippen molar-refractivity contribution in [3.05, 3.63) is 30.1 Å². The molecule has 1 aliphatic heterocycles. The first-order valence-electron chi connectivity index (χ1n) is 8.07. The van der Waals surface area contributed by atoms with Crippen LogP contribution in [0.5, 0.6) is 0 Å². The molecule has 0 saturated carbocycles. The van der Waals surface area contributed by atoms with Gasteiger partial charge in [0.15, 0.2) is 0 Å². The van der Waals surface area contributed by atoms with Crippen molar-refractivity contribution in [2.45, 2.75) is 51.4 Å². The molecular weight excluding hydrogens is 310 g/mol. The second kappa shape index (κ2) is 7.27. The summed E-state index contributed by atoms with van der Waals surface area (Å²) < 4.78 is 5.44. The molecule has 3 atom stereocenters. The molecule has 0 radical (unpaired) electrons. The summed E-state index contributed by atoms with van der Waals surface area (Å²) in [6, 6.07) is 2.40. The molecule has 0 aliphatic carbocycles. The van der Waals surface area contributed by atoms with E-state index in [0.717, 1.165) is 0 Å². The molecule has 1 aliphatic rings. The van der Waals surface area contributed by atoms with E-state index < -0.39 is 29.7 Å². The maximum absolute atomic E-state index is 12.4. The fourth-order valence-corrected chi connectivity index (χ4v) is 3.00. The third-order valence-electron chi connectivity index (χ3n) is 4.02. The maximum atomic E-state index is 12.4. The van der Waals surface area contributed by atoms with Gasteiger partial charge in [-0.2, -0.15) is 0 Å². The summed E-state index contributed by atoms with van der Waals surface area (Å²) in [5.74, 6) is -1.92. The fourth-order valence-electron chi connectivity index (χ4n) is 3.00. The van der Waals surface area contributed by atoms with Gasteiger partial charge in [-0.25, -0.2) is 0 Å². The van der Waals surface area contributed by atoms with E-state index in [1.165, 1.54) is 0 Å². The van der Waals surface area contributed by atoms with Crippen LogP contribution in [0.15, 0.2) is 24.5 Å². The molecule has 0 amide bonds. The number of nitrogens with two attached hydrogens (primary N) is 1. The fraction of sp³-hybridized carbons (Fsp3) is 0.588. The zero-order chi connectivity index (χ0) is 17.9. The quantitative estimate of drug-likeness (QED) is 0.804. The first kappa shape index (κ1) is 18.4. The van der Waals surface area contributed by atoms with Crippen LogP contribution < -0.4 is 5.73 Å². The molecule has 0 unspecified atom stereocenters. The number of aromatic nitrogens is 1. The van der Waals surface area contributed by atoms with Gasteiger partial charge in [0.25, 0.3) is 0 Å². The number of aliphatic carboxylic acids is 1. The van der Waals surface area contributed by atoms with Gasteiger partial charge in [0.2, 0.25) is 0 Å². The van der Waals surface area contributed by atoms with Gasteiger partial charge < -0.3 is 15.6 Å². The van der Waals surface area contributed by atoms with Gasteiger partial charge in [-0.15, -0.1) is 0 Å². The number of hydrogen-bond acceptors (Lipinski definition) is 6. The highest BCUT2D eigenvalue weighted by atomic mass is 16.6. The number of carboxylic acid groups (broad SMARTS) is 1. The number of piperidine rings is 1. The maximum Gasteiger partial charge on any atom is 0.325 e. The first-order valence-corrected chi connectivity index (χ1v) is 8.07. The van der Waals surface area contributed by atoms with Gasteiger partial charge in [0.1, 0.15) is 11.6 Å². The zero-order valence-electron chi connectivity index (χ0n) is 14.3. The minimum Gasteiger partial charge on any atom is -0.480 e. The monoisotopic (exact) mass is 335 g/mol. The van der Waals surface area contributed by atoms with Crippen molar-refractivity contribution in [3.63, 3.8) is 0 Å². The lowest BCUT2D eigenvalue weighted by atomic mass is 9.91. The van der Waals surface area contributed by atoms with E-state index in [-0.39, 0.29) is 5.97 Å². The summed E-state index contributed by atoms with van der Waals surface area (Å²) in [6.07, 6.45) is 3.67. The third-order valence-corrected chi connectivity index (χ3v) is 4.02. The van der Waals surface area contributed by atoms with Crippen LogP contribution in [0.4, 0.5) is 0 Å². The van der Waals surface area contributed by atoms with Crippen LogP contribution in [-0.4, -0.2) is 45.2 Å². The molecule has 7 nitrogen and oxygen atoms in total. The predicted molar refractivity (Wildman–Crippen MR) is 87.9 cm³/mol. The van der Waals surface area contributed by atoms with Crippen molar-refractivity contribution >= 4 is 11.9 Å². The average molecular weight is 335 g/mol. The standard InChI is InChI=1S/C17H25N3O4/c1-17(2,3)24-16(23)12-5-4-10-20(14(12)18)13(15(21)22)11-6-8-19-9-7-11/h6-9,12-14H,4-5,10,18H2,1-3H3,(H,21,22)/t12-,13+,14-/m1/s1. The number of carbonyl (C=O) groups excluding carboxylic acids is 1. The highest BCUT2D eigenvalue weighted by molar-refractivity contribution is 5.77. The third kappa shape index (κ3) is 4.30. The van der Waals surface area contributed by atoms with E-state index in [2.05, 4.69) is 4.98 Å². The summed E-state index contributed by atoms with van der Waals surface area (Å²) >= 11 is 0. The van der Waals surface area contributed by atoms with Crippen LogP contribution in [-0.2, 0) is 14.3 Å². The van der Waals surface area contributed by atoms with Gasteiger partial charge in [0, 0.05) is 18.9 Å². The highest BCUT2D eigenvalue weighted by Gasteiger charge is 2.41. The molecule has 7 heteroatoms. The van der Waals surface area contributed by atoms with Crippen molar-refractivity contribution in [2.75, 3.05) is 6.54 Å². The zero-order valence-corrected chi connectivity index (χ0v) is 14.3. The lowest BCUT2D eigenvalue weighted by Gasteiger charge is -2.41. The van der Waals surface area contributed by atoms with Gasteiger partial charge in [-0.05, 0) is 51.3 Å². The Hall–Kier alpha value is -1.99. The number of rotatable bonds is 4. The molecule has 1 aromatic rings. The molecular formula is C17H25N3O4. The Bertz CT molecular complexity index is 585. The van der Waals surface area contributed by atoms with Crippen LogP contribution in [0, 0.1) is 5.92 Å². The van der Waals surface area contributed by atoms with Gasteiger partial charge >= 0.3 is 11.9 Å². The lowest BCUT2D eigenvalue weighted by Crippen LogP contribution is -2.56. The number of carbonyl (C=O) groups is 2. The molecule has 0 aromatic carbocycles. The molecule has 1 aromatic heterocycles. The summed E-state index contributed by atoms with van der Waals surface area (Å²) in [5.41, 5.74) is 6.26. The van der Waals surface area contributed by atoms with E-state index in [1.54, 1.807) is 50.2 Å². The Kier molecular flexibility index (Phi) is 5.56. The molecule has 3 N–H and O–H groups in total. The van der Waals surface area contributed by atoms with Crippen molar-refractivity contribution in [1.82, 2.24) is 9.88 Å². The van der Waals surface area contributed by atoms with Crippen molar-refractivity contribution < 1.29 is 19.4 Å². The first-order chi connectivity index (χ1) is 11.2. The van der Waals surface area contributed by atoms with E-state index >= 15 is 0 Å². The number of hydrogen-bond donors (Lipinski definition) is 2. The molecule has 0 bridgehead atoms. The SMILES string of the molecule is CC(C)(C)OC(=O)[C@@H]1CCCN([C@H](C(=O)O)c2ccncc2)[C@H]1N. The van der Waals surface area contributed by atoms with Crippen LogP contribution >= 0.6 is 0 Å². The summed E-state index contributed by atoms with van der Waals surface area (Å²) in [7, 11) is 0. The van der Waals surface area contributed by atoms with E-state index in [9.17, 15) is 14.7 Å². The number of carboxylic acids is 1. The van der Waals surface area contributed by atoms with Gasteiger partial charge in [-0.3, -0.25) is 19.5 Å². The van der Waals surface area contributed by atoms with Crippen molar-refractivity contribution in [2.24, 2.45) is 11.7 Å². The minimum atomic E-state index is -0.999. The predicted octanol–water partition coefficient (Wildman–Crippen LogP) is 1.55. The molecule has 0 spiro atoms. The molecule has 1 fully saturated rings. The molecule has 24 heavy (non-hydrogen) atoms. The second-order valence-electron chi connectivity index (χ2n) is 7.03. The topological polar surface area (TPSA) is 106 Å². The summed E-state index contributed by atoms with van der Waals surface area (Å²) in [6.45, 7) is 5.91. The number of nitrogens with zero attached hydrogens (tertiary/aromatic N) is 2. The minimum absolute atomic E-state index is 0.376. The van der Waals surface area contributed by atoms with E-state index in [4.69, 9.17) is 10.5 Å². The normalized spacial score (nSPS) is 23.5. The van der Waals surface area contributed by atoms with Crippen LogP contribution in [0.1, 0.15) is 45.2 Å². The number of ether oxygens (including phenoxy) is 1. The van der Waals surface area contributed by atoms with Gasteiger partial charge in [0.05, 0.1) is 12.1 Å². The van der Waals surface area contributed by atoms with Crippen LogP contribution in [0.2, 0.25) is 0 Å². The summed E-state index contributed by atoms with van der Waals surface area (Å²) in [4.78, 5) is 29.8. The Balaban J connectivity index is 2.23. The number of pyridine rings is 1. The molecule has 1 saturated heterocycles. The van der Waals surface area contributed by atoms with Gasteiger partial charge in [-0.1, -0.05) is 0 Å². The molecule has 2 rings (SSSR count). The van der Waals surface area contributed by atoms with Crippen molar-refractivity contribution in [1.29, 1.82) is 0 Å². The average Bonchev–Trinajstić information content (AvgIpc) is 2.48. The lowest BCUT2D eigenvalue weighted by molar-refractivity contribution is -0.167. The largest absolute Gasteiger partial charge is 0.480 e. The Morgan fingerprint density at radius 1 is 1.38 bits per heavy atom. The second-order valence-corrected chi connectivity index (χ2v) is 7.03. The Labute approximate surface area is 141 Å². The van der Waals surface area contributed by atoms with E-state index in [0.29, 0.717) is 24.9 Å². The van der Waals surface area contributed by atoms with E-state index in [1.807, 2.05) is 0 Å². The smallest absolute Gasteiger partial charge is 0.325 e. The van der Waals surface area contributed by atoms with Crippen LogP contribution in [0.25, 0.3) is 0 Å². The Morgan fingerprint density at radius 3 is 2.54 bits per heavy atom.